The van der Waals surface area contributed by atoms with Crippen molar-refractivity contribution in [1.29, 1.82) is 0 Å². The Morgan fingerprint density at radius 3 is 1.00 bits per heavy atom. The number of phenols is 4. The Kier molecular flexibility index (Phi) is 29.5. The summed E-state index contributed by atoms with van der Waals surface area (Å²) in [6.07, 6.45) is 11.3. The molecule has 0 aliphatic rings. The standard InChI is InChI=1S/C32H16F6O2.C20H12Br2O2.C15H21P.C6H4BF3O2.2C2H4O2.Pd/c33-23-11-19(12-24(34)31(23)37)15-1-5-21-17(9-15)3-7-27(39)29(21)30-22-6-2-16(10-18(22)4-8-28(30)40)20-13-25(35)32(38)26(36)14-20;21-13-3-5-15-11(9-13)1-7-17(23)19(15)20-16-6-4-14(22)10-12(16)2-8-18(20)24;1-4-6-12-16(13-7-5-2)15-11-9-8-10-14(15)3;8-4-1-3(7(11)12)2-5(9)6(4)10;2*1-2(3)4;/h1-14,39-40H;1-10,23-24H;4-11H,12-13H2,1-3H3;1-2,11-12H;2*1H3,(H,3,4);/b;;6-4-,7-5-;;;;. The van der Waals surface area contributed by atoms with Crippen molar-refractivity contribution in [3.63, 3.8) is 0 Å². The summed E-state index contributed by atoms with van der Waals surface area (Å²) >= 11 is 6.95. The van der Waals surface area contributed by atoms with Gasteiger partial charge in [0.25, 0.3) is 11.9 Å². The number of fused-ring (bicyclic) bond motifs is 4. The number of carbonyl (C=O) groups is 2. The quantitative estimate of drug-likeness (QED) is 0.0215. The van der Waals surface area contributed by atoms with Gasteiger partial charge in [-0.25, -0.2) is 39.5 Å². The molecule has 101 heavy (non-hydrogen) atoms. The molecule has 8 N–H and O–H groups in total. The van der Waals surface area contributed by atoms with Crippen LogP contribution in [0.5, 0.6) is 23.0 Å². The Balaban J connectivity index is 0.000000223. The van der Waals surface area contributed by atoms with Crippen molar-refractivity contribution in [3.05, 3.63) is 273 Å². The molecular formula is C77H61BBr2F9O10PPd. The summed E-state index contributed by atoms with van der Waals surface area (Å²) in [5.41, 5.74) is 3.86. The maximum Gasteiger partial charge on any atom is 0.488 e. The SMILES string of the molecule is C/C=C\CP(C/C=C\C)c1ccccc1C.CC(=O)O.CC(=O)O.OB(O)c1cc(F)c(F)c(F)c1.Oc1ccc2cc(-c3cc(F)c(F)c(F)c3)ccc2c1-c1c(O)ccc2cc(-c3cc(F)c(F)c(F)c3)ccc12.Oc1ccc2cc(Br)ccc2c1-c1c(O)ccc2cc(Br)ccc12.[Pd]. The van der Waals surface area contributed by atoms with Crippen LogP contribution >= 0.6 is 39.8 Å². The van der Waals surface area contributed by atoms with Gasteiger partial charge in [0.2, 0.25) is 0 Å². The molecule has 12 aromatic rings. The van der Waals surface area contributed by atoms with Crippen molar-refractivity contribution in [2.45, 2.75) is 34.6 Å². The summed E-state index contributed by atoms with van der Waals surface area (Å²) < 4.78 is 121. The predicted molar refractivity (Wildman–Crippen MR) is 386 cm³/mol. The van der Waals surface area contributed by atoms with Gasteiger partial charge in [0, 0.05) is 65.5 Å². The van der Waals surface area contributed by atoms with Crippen LogP contribution in [0.2, 0.25) is 0 Å². The first-order chi connectivity index (χ1) is 47.4. The zero-order valence-electron chi connectivity index (χ0n) is 53.9. The Morgan fingerprint density at radius 1 is 0.416 bits per heavy atom. The van der Waals surface area contributed by atoms with E-state index in [1.54, 1.807) is 66.0 Å². The molecule has 12 aromatic carbocycles. The van der Waals surface area contributed by atoms with Crippen LogP contribution in [0.15, 0.2) is 215 Å². The summed E-state index contributed by atoms with van der Waals surface area (Å²) in [6, 6.07) is 47.7. The van der Waals surface area contributed by atoms with Crippen LogP contribution in [0, 0.1) is 59.3 Å². The molecule has 0 amide bonds. The minimum Gasteiger partial charge on any atom is -0.507 e. The van der Waals surface area contributed by atoms with Crippen LogP contribution in [0.25, 0.3) is 87.6 Å². The number of aliphatic carboxylic acids is 2. The zero-order valence-corrected chi connectivity index (χ0v) is 59.6. The predicted octanol–water partition coefficient (Wildman–Crippen LogP) is 20.1. The van der Waals surface area contributed by atoms with Gasteiger partial charge >= 0.3 is 7.12 Å². The summed E-state index contributed by atoms with van der Waals surface area (Å²) in [5, 5.41) is 82.0. The van der Waals surface area contributed by atoms with Gasteiger partial charge in [-0.2, -0.15) is 0 Å². The van der Waals surface area contributed by atoms with Crippen LogP contribution in [-0.2, 0) is 30.0 Å². The Labute approximate surface area is 606 Å². The molecule has 0 radical (unpaired) electrons. The molecule has 0 heterocycles. The zero-order chi connectivity index (χ0) is 73.4. The number of hydrogen-bond acceptors (Lipinski definition) is 8. The van der Waals surface area contributed by atoms with E-state index in [0.717, 1.165) is 68.6 Å². The van der Waals surface area contributed by atoms with Crippen LogP contribution < -0.4 is 10.8 Å². The van der Waals surface area contributed by atoms with Gasteiger partial charge in [-0.15, -0.1) is 0 Å². The van der Waals surface area contributed by atoms with Crippen molar-refractivity contribution in [1.82, 2.24) is 0 Å². The molecule has 0 bridgehead atoms. The number of phenolic OH excluding ortho intramolecular Hbond substituents is 4. The van der Waals surface area contributed by atoms with Gasteiger partial charge in [0.05, 0.1) is 0 Å². The number of hydrogen-bond donors (Lipinski definition) is 8. The molecule has 0 saturated carbocycles. The molecule has 0 aromatic heterocycles. The van der Waals surface area contributed by atoms with E-state index in [1.165, 1.54) is 30.0 Å². The molecule has 12 rings (SSSR count). The third-order valence-corrected chi connectivity index (χ3v) is 18.4. The van der Waals surface area contributed by atoms with Gasteiger partial charge in [0.15, 0.2) is 52.4 Å². The fourth-order valence-corrected chi connectivity index (χ4v) is 13.5. The van der Waals surface area contributed by atoms with E-state index in [0.29, 0.717) is 55.9 Å². The minimum atomic E-state index is -2.00. The van der Waals surface area contributed by atoms with E-state index < -0.39 is 76.9 Å². The minimum absolute atomic E-state index is 0. The van der Waals surface area contributed by atoms with Crippen molar-refractivity contribution in [3.8, 4) is 67.5 Å². The molecule has 524 valence electrons. The Morgan fingerprint density at radius 2 is 0.703 bits per heavy atom. The smallest absolute Gasteiger partial charge is 0.488 e. The van der Waals surface area contributed by atoms with Gasteiger partial charge in [-0.05, 0) is 212 Å². The third kappa shape index (κ3) is 20.7. The fourth-order valence-electron chi connectivity index (χ4n) is 10.4. The van der Waals surface area contributed by atoms with E-state index in [1.807, 2.05) is 48.5 Å². The maximum absolute atomic E-state index is 13.8. The summed E-state index contributed by atoms with van der Waals surface area (Å²) in [4.78, 5) is 18.0. The van der Waals surface area contributed by atoms with Gasteiger partial charge in [-0.3, -0.25) is 9.59 Å². The van der Waals surface area contributed by atoms with Crippen LogP contribution in [0.1, 0.15) is 33.3 Å². The van der Waals surface area contributed by atoms with E-state index >= 15 is 0 Å². The molecule has 0 atom stereocenters. The van der Waals surface area contributed by atoms with E-state index in [2.05, 4.69) is 101 Å². The summed E-state index contributed by atoms with van der Waals surface area (Å²) in [5.74, 6) is -14.6. The summed E-state index contributed by atoms with van der Waals surface area (Å²) in [6.45, 7) is 8.58. The van der Waals surface area contributed by atoms with E-state index in [4.69, 9.17) is 29.9 Å². The van der Waals surface area contributed by atoms with Crippen LogP contribution in [0.4, 0.5) is 39.5 Å². The number of carboxylic acids is 2. The number of benzene rings is 12. The van der Waals surface area contributed by atoms with Gasteiger partial charge < -0.3 is 40.7 Å². The first-order valence-electron chi connectivity index (χ1n) is 30.0. The van der Waals surface area contributed by atoms with Gasteiger partial charge in [-0.1, -0.05) is 149 Å². The number of halogens is 11. The molecule has 0 unspecified atom stereocenters. The van der Waals surface area contributed by atoms with E-state index in [-0.39, 0.29) is 73.6 Å². The molecule has 0 saturated heterocycles. The van der Waals surface area contributed by atoms with Gasteiger partial charge in [0.1, 0.15) is 23.0 Å². The molecule has 0 fully saturated rings. The Bertz CT molecular complexity index is 4750. The molecular weight excluding hydrogens is 1560 g/mol. The number of allylic oxidation sites excluding steroid dienone is 4. The first kappa shape index (κ1) is 80.7. The second-order valence-electron chi connectivity index (χ2n) is 22.0. The second-order valence-corrected chi connectivity index (χ2v) is 26.1. The summed E-state index contributed by atoms with van der Waals surface area (Å²) in [7, 11) is -2.07. The second kappa shape index (κ2) is 36.9. The van der Waals surface area contributed by atoms with Crippen LogP contribution in [0.3, 0.4) is 0 Å². The molecule has 0 aliphatic carbocycles. The number of rotatable bonds is 10. The number of carboxylic acid groups (broad SMARTS) is 2. The molecule has 0 spiro atoms. The molecule has 24 heteroatoms. The largest absolute Gasteiger partial charge is 0.507 e. The van der Waals surface area contributed by atoms with Crippen molar-refractivity contribution in [2.75, 3.05) is 12.3 Å². The van der Waals surface area contributed by atoms with Crippen molar-refractivity contribution < 1.29 is 110 Å². The Hall–Kier alpha value is -9.29. The molecule has 0 aliphatic heterocycles. The number of aromatic hydroxyl groups is 4. The average molecular weight is 1630 g/mol. The average Bonchev–Trinajstić information content (AvgIpc) is 0.757. The maximum atomic E-state index is 13.8. The monoisotopic (exact) mass is 1620 g/mol. The number of aryl methyl sites for hydroxylation is 1. The normalized spacial score (nSPS) is 10.8. The van der Waals surface area contributed by atoms with Crippen molar-refractivity contribution in [2.24, 2.45) is 0 Å². The first-order valence-corrected chi connectivity index (χ1v) is 33.3. The molecule has 10 nitrogen and oxygen atoms in total. The van der Waals surface area contributed by atoms with E-state index in [9.17, 15) is 59.9 Å². The third-order valence-electron chi connectivity index (χ3n) is 14.9. The fraction of sp³-hybridized carbons (Fsp3) is 0.0909. The van der Waals surface area contributed by atoms with Crippen molar-refractivity contribution >= 4 is 113 Å². The topological polar surface area (TPSA) is 196 Å². The van der Waals surface area contributed by atoms with Crippen LogP contribution in [-0.4, -0.2) is 72.1 Å².